The number of hydrogen-bond acceptors (Lipinski definition) is 8. The van der Waals surface area contributed by atoms with Crippen LogP contribution in [0.1, 0.15) is 32.6 Å². The molecule has 3 heterocycles. The van der Waals surface area contributed by atoms with Crippen LogP contribution < -0.4 is 5.73 Å². The fourth-order valence-corrected chi connectivity index (χ4v) is 4.90. The second kappa shape index (κ2) is 8.58. The Bertz CT molecular complexity index is 1260. The molecule has 0 radical (unpaired) electrons. The summed E-state index contributed by atoms with van der Waals surface area (Å²) in [7, 11) is 0. The van der Waals surface area contributed by atoms with Gasteiger partial charge in [-0.2, -0.15) is 5.26 Å². The van der Waals surface area contributed by atoms with E-state index in [1.54, 1.807) is 56.0 Å². The number of benzene rings is 1. The summed E-state index contributed by atoms with van der Waals surface area (Å²) in [6.07, 6.45) is -0.329. The molecule has 0 saturated carbocycles. The summed E-state index contributed by atoms with van der Waals surface area (Å²) in [4.78, 5) is 19.5. The molecule has 0 unspecified atom stereocenters. The van der Waals surface area contributed by atoms with Gasteiger partial charge < -0.3 is 14.9 Å². The third-order valence-corrected chi connectivity index (χ3v) is 6.36. The predicted molar refractivity (Wildman–Crippen MR) is 125 cm³/mol. The number of esters is 1. The molecular formula is C22H18Cl2N4O3S. The Labute approximate surface area is 199 Å². The zero-order chi connectivity index (χ0) is 23.2. The lowest BCUT2D eigenvalue weighted by Gasteiger charge is -2.33. The zero-order valence-electron chi connectivity index (χ0n) is 17.3. The maximum atomic E-state index is 13.0. The number of halogens is 2. The van der Waals surface area contributed by atoms with E-state index >= 15 is 0 Å². The van der Waals surface area contributed by atoms with Gasteiger partial charge in [0.15, 0.2) is 5.17 Å². The number of fused-ring (bicyclic) bond motifs is 1. The summed E-state index contributed by atoms with van der Waals surface area (Å²) in [5.41, 5.74) is 7.67. The minimum absolute atomic E-state index is 0.200. The van der Waals surface area contributed by atoms with Gasteiger partial charge in [0, 0.05) is 10.6 Å². The monoisotopic (exact) mass is 488 g/mol. The van der Waals surface area contributed by atoms with E-state index in [4.69, 9.17) is 38.1 Å². The fraction of sp³-hybridized carbons (Fsp3) is 0.227. The maximum absolute atomic E-state index is 13.0. The van der Waals surface area contributed by atoms with Gasteiger partial charge in [-0.25, -0.2) is 9.79 Å². The quantitative estimate of drug-likeness (QED) is 0.558. The maximum Gasteiger partial charge on any atom is 0.338 e. The zero-order valence-corrected chi connectivity index (χ0v) is 19.7. The predicted octanol–water partition coefficient (Wildman–Crippen LogP) is 5.59. The van der Waals surface area contributed by atoms with Crippen molar-refractivity contribution in [3.05, 3.63) is 68.1 Å². The van der Waals surface area contributed by atoms with Crippen LogP contribution in [-0.2, 0) is 9.53 Å². The lowest BCUT2D eigenvalue weighted by Crippen LogP contribution is -2.38. The van der Waals surface area contributed by atoms with Crippen molar-refractivity contribution >= 4 is 46.1 Å². The Balaban J connectivity index is 1.84. The molecule has 2 N–H and O–H groups in total. The summed E-state index contributed by atoms with van der Waals surface area (Å²) in [6, 6.07) is 9.90. The normalized spacial score (nSPS) is 18.1. The number of allylic oxidation sites excluding steroid dienone is 2. The summed E-state index contributed by atoms with van der Waals surface area (Å²) >= 11 is 13.5. The van der Waals surface area contributed by atoms with Crippen molar-refractivity contribution in [3.63, 3.8) is 0 Å². The Morgan fingerprint density at radius 2 is 2.09 bits per heavy atom. The lowest BCUT2D eigenvalue weighted by molar-refractivity contribution is -0.143. The van der Waals surface area contributed by atoms with Crippen LogP contribution in [0.25, 0.3) is 11.3 Å². The Morgan fingerprint density at radius 3 is 2.75 bits per heavy atom. The largest absolute Gasteiger partial charge is 0.459 e. The highest BCUT2D eigenvalue weighted by molar-refractivity contribution is 8.17. The lowest BCUT2D eigenvalue weighted by atomic mass is 9.99. The van der Waals surface area contributed by atoms with Crippen molar-refractivity contribution in [1.29, 1.82) is 5.26 Å². The smallest absolute Gasteiger partial charge is 0.338 e. The molecule has 2 aliphatic heterocycles. The molecule has 0 fully saturated rings. The van der Waals surface area contributed by atoms with Crippen molar-refractivity contribution in [3.8, 4) is 17.4 Å². The topological polar surface area (TPSA) is 105 Å². The molecule has 164 valence electrons. The number of nitrogens with zero attached hydrogens (tertiary/aromatic N) is 3. The van der Waals surface area contributed by atoms with Crippen LogP contribution in [0, 0.1) is 11.3 Å². The SMILES string of the molecule is CC1=C(C(=O)OC(C)C)[C@H](c2ccc(-c3ccc(Cl)cc3Cl)o2)N2C(=N1)SC(C#N)=C2N. The first-order valence-corrected chi connectivity index (χ1v) is 11.2. The average molecular weight is 489 g/mol. The van der Waals surface area contributed by atoms with Crippen LogP contribution in [0.4, 0.5) is 0 Å². The number of nitrogens with two attached hydrogens (primary N) is 1. The summed E-state index contributed by atoms with van der Waals surface area (Å²) in [5, 5.41) is 10.9. The van der Waals surface area contributed by atoms with Crippen LogP contribution in [0.2, 0.25) is 10.0 Å². The van der Waals surface area contributed by atoms with E-state index in [0.717, 1.165) is 11.8 Å². The number of ether oxygens (including phenoxy) is 1. The highest BCUT2D eigenvalue weighted by Gasteiger charge is 2.44. The number of rotatable bonds is 4. The molecule has 1 atom stereocenters. The van der Waals surface area contributed by atoms with Crippen LogP contribution in [0.3, 0.4) is 0 Å². The first kappa shape index (κ1) is 22.3. The molecule has 7 nitrogen and oxygen atoms in total. The van der Waals surface area contributed by atoms with Gasteiger partial charge in [-0.1, -0.05) is 23.2 Å². The van der Waals surface area contributed by atoms with Crippen molar-refractivity contribution in [1.82, 2.24) is 4.90 Å². The molecule has 0 saturated heterocycles. The van der Waals surface area contributed by atoms with Crippen LogP contribution in [0.15, 0.2) is 61.7 Å². The molecule has 2 aromatic rings. The van der Waals surface area contributed by atoms with Gasteiger partial charge in [0.2, 0.25) is 0 Å². The van der Waals surface area contributed by atoms with Crippen molar-refractivity contribution < 1.29 is 13.9 Å². The molecule has 4 rings (SSSR count). The van der Waals surface area contributed by atoms with Gasteiger partial charge in [-0.3, -0.25) is 4.90 Å². The third kappa shape index (κ3) is 3.88. The van der Waals surface area contributed by atoms with E-state index in [2.05, 4.69) is 11.1 Å². The first-order valence-electron chi connectivity index (χ1n) is 9.63. The van der Waals surface area contributed by atoms with Crippen molar-refractivity contribution in [2.75, 3.05) is 0 Å². The van der Waals surface area contributed by atoms with Gasteiger partial charge in [-0.05, 0) is 62.9 Å². The number of amidine groups is 1. The van der Waals surface area contributed by atoms with E-state index in [0.29, 0.717) is 42.9 Å². The second-order valence-corrected chi connectivity index (χ2v) is 9.20. The van der Waals surface area contributed by atoms with Crippen molar-refractivity contribution in [2.24, 2.45) is 10.7 Å². The molecule has 32 heavy (non-hydrogen) atoms. The second-order valence-electron chi connectivity index (χ2n) is 7.37. The average Bonchev–Trinajstić information content (AvgIpc) is 3.31. The molecule has 0 amide bonds. The number of hydrogen-bond donors (Lipinski definition) is 1. The molecule has 0 bridgehead atoms. The number of aliphatic imine (C=N–C) groups is 1. The molecule has 0 aliphatic carbocycles. The van der Waals surface area contributed by atoms with E-state index in [1.807, 2.05) is 0 Å². The number of carbonyl (C=O) groups is 1. The highest BCUT2D eigenvalue weighted by atomic mass is 35.5. The van der Waals surface area contributed by atoms with Crippen LogP contribution in [0.5, 0.6) is 0 Å². The molecule has 2 aliphatic rings. The minimum atomic E-state index is -0.757. The Hall–Kier alpha value is -2.86. The standard InChI is InChI=1S/C22H18Cl2N4O3S/c1-10(2)30-21(29)18-11(3)27-22-28(20(26)17(9-25)32-22)19(18)16-7-6-15(31-16)13-5-4-12(23)8-14(13)24/h4-8,10,19H,26H2,1-3H3/t19-/m0/s1. The van der Waals surface area contributed by atoms with Gasteiger partial charge in [0.25, 0.3) is 0 Å². The summed E-state index contributed by atoms with van der Waals surface area (Å²) in [6.45, 7) is 5.25. The van der Waals surface area contributed by atoms with Crippen LogP contribution in [-0.4, -0.2) is 22.1 Å². The van der Waals surface area contributed by atoms with Gasteiger partial charge in [0.05, 0.1) is 22.4 Å². The summed E-state index contributed by atoms with van der Waals surface area (Å²) in [5.74, 6) is 0.591. The third-order valence-electron chi connectivity index (χ3n) is 4.83. The number of thioether (sulfide) groups is 1. The molecule has 1 aromatic heterocycles. The van der Waals surface area contributed by atoms with E-state index in [9.17, 15) is 10.1 Å². The van der Waals surface area contributed by atoms with Crippen molar-refractivity contribution in [2.45, 2.75) is 32.9 Å². The number of furan rings is 1. The first-order chi connectivity index (χ1) is 15.2. The Kier molecular flexibility index (Phi) is 5.99. The number of nitriles is 1. The molecule has 10 heteroatoms. The molecular weight excluding hydrogens is 471 g/mol. The van der Waals surface area contributed by atoms with E-state index < -0.39 is 12.0 Å². The highest BCUT2D eigenvalue weighted by Crippen LogP contribution is 2.46. The van der Waals surface area contributed by atoms with Gasteiger partial charge in [0.1, 0.15) is 34.4 Å². The fourth-order valence-electron chi connectivity index (χ4n) is 3.48. The van der Waals surface area contributed by atoms with E-state index in [-0.39, 0.29) is 17.5 Å². The Morgan fingerprint density at radius 1 is 1.34 bits per heavy atom. The van der Waals surface area contributed by atoms with Crippen LogP contribution >= 0.6 is 35.0 Å². The minimum Gasteiger partial charge on any atom is -0.459 e. The summed E-state index contributed by atoms with van der Waals surface area (Å²) < 4.78 is 11.6. The molecule has 1 aromatic carbocycles. The van der Waals surface area contributed by atoms with Gasteiger partial charge >= 0.3 is 5.97 Å². The van der Waals surface area contributed by atoms with E-state index in [1.165, 1.54) is 0 Å². The van der Waals surface area contributed by atoms with Gasteiger partial charge in [-0.15, -0.1) is 0 Å². The molecule has 0 spiro atoms. The number of carbonyl (C=O) groups excluding carboxylic acids is 1.